The van der Waals surface area contributed by atoms with Crippen LogP contribution in [0.15, 0.2) is 42.7 Å². The second-order valence-corrected chi connectivity index (χ2v) is 5.64. The highest BCUT2D eigenvalue weighted by molar-refractivity contribution is 6.30. The lowest BCUT2D eigenvalue weighted by atomic mass is 10.1. The van der Waals surface area contributed by atoms with Gasteiger partial charge in [0.15, 0.2) is 0 Å². The van der Waals surface area contributed by atoms with Crippen LogP contribution in [-0.2, 0) is 4.79 Å². The van der Waals surface area contributed by atoms with Crippen molar-refractivity contribution in [1.82, 2.24) is 20.4 Å². The van der Waals surface area contributed by atoms with E-state index in [1.807, 2.05) is 12.1 Å². The minimum Gasteiger partial charge on any atom is -0.480 e. The summed E-state index contributed by atoms with van der Waals surface area (Å²) in [4.78, 5) is 22.9. The third-order valence-electron chi connectivity index (χ3n) is 3.57. The molecular formula is C16H19ClN4O3. The summed E-state index contributed by atoms with van der Waals surface area (Å²) in [5, 5.41) is 18.9. The normalized spacial score (nSPS) is 13.1. The van der Waals surface area contributed by atoms with Crippen LogP contribution in [0, 0.1) is 0 Å². The van der Waals surface area contributed by atoms with Crippen molar-refractivity contribution in [3.63, 3.8) is 0 Å². The first-order valence-corrected chi connectivity index (χ1v) is 7.90. The minimum atomic E-state index is -1.06. The van der Waals surface area contributed by atoms with Gasteiger partial charge in [0, 0.05) is 24.0 Å². The Kier molecular flexibility index (Phi) is 6.20. The molecule has 7 nitrogen and oxygen atoms in total. The predicted octanol–water partition coefficient (Wildman–Crippen LogP) is 2.29. The number of benzene rings is 1. The number of nitrogens with one attached hydrogen (secondary N) is 2. The van der Waals surface area contributed by atoms with Gasteiger partial charge in [0.2, 0.25) is 0 Å². The Morgan fingerprint density at radius 3 is 2.58 bits per heavy atom. The molecule has 0 saturated heterocycles. The van der Waals surface area contributed by atoms with E-state index < -0.39 is 18.0 Å². The number of carbonyl (C=O) groups is 2. The molecule has 0 aliphatic carbocycles. The molecule has 0 radical (unpaired) electrons. The molecular weight excluding hydrogens is 332 g/mol. The third-order valence-corrected chi connectivity index (χ3v) is 3.82. The molecule has 0 bridgehead atoms. The molecule has 0 aliphatic rings. The minimum absolute atomic E-state index is 0.229. The third kappa shape index (κ3) is 4.73. The second kappa shape index (κ2) is 8.35. The molecule has 2 unspecified atom stereocenters. The number of rotatable bonds is 7. The van der Waals surface area contributed by atoms with Gasteiger partial charge in [-0.25, -0.2) is 9.59 Å². The molecule has 0 spiro atoms. The summed E-state index contributed by atoms with van der Waals surface area (Å²) in [5.41, 5.74) is 0.925. The molecule has 128 valence electrons. The quantitative estimate of drug-likeness (QED) is 0.713. The maximum absolute atomic E-state index is 11.9. The number of urea groups is 1. The van der Waals surface area contributed by atoms with Crippen molar-refractivity contribution in [2.75, 3.05) is 6.54 Å². The SMILES string of the molecule is CCC(NC(=O)NCC(c1ccc(Cl)cc1)n1cccn1)C(=O)O. The zero-order valence-corrected chi connectivity index (χ0v) is 13.9. The van der Waals surface area contributed by atoms with Crippen molar-refractivity contribution < 1.29 is 14.7 Å². The topological polar surface area (TPSA) is 96.3 Å². The van der Waals surface area contributed by atoms with Gasteiger partial charge in [-0.3, -0.25) is 4.68 Å². The highest BCUT2D eigenvalue weighted by Gasteiger charge is 2.19. The van der Waals surface area contributed by atoms with Crippen LogP contribution in [0.1, 0.15) is 24.9 Å². The maximum atomic E-state index is 11.9. The summed E-state index contributed by atoms with van der Waals surface area (Å²) in [5.74, 6) is -1.06. The number of hydrogen-bond acceptors (Lipinski definition) is 3. The predicted molar refractivity (Wildman–Crippen MR) is 90.1 cm³/mol. The Balaban J connectivity index is 2.05. The van der Waals surface area contributed by atoms with Crippen LogP contribution in [0.3, 0.4) is 0 Å². The number of carbonyl (C=O) groups excluding carboxylic acids is 1. The number of aliphatic carboxylic acids is 1. The van der Waals surface area contributed by atoms with Gasteiger partial charge in [-0.05, 0) is 30.2 Å². The summed E-state index contributed by atoms with van der Waals surface area (Å²) < 4.78 is 1.72. The van der Waals surface area contributed by atoms with Crippen LogP contribution in [-0.4, -0.2) is 39.5 Å². The van der Waals surface area contributed by atoms with Gasteiger partial charge < -0.3 is 15.7 Å². The number of aromatic nitrogens is 2. The zero-order chi connectivity index (χ0) is 17.5. The molecule has 0 fully saturated rings. The summed E-state index contributed by atoms with van der Waals surface area (Å²) in [6.45, 7) is 1.95. The first kappa shape index (κ1) is 17.8. The van der Waals surface area contributed by atoms with Gasteiger partial charge in [0.25, 0.3) is 0 Å². The lowest BCUT2D eigenvalue weighted by molar-refractivity contribution is -0.139. The molecule has 1 aromatic carbocycles. The van der Waals surface area contributed by atoms with Crippen molar-refractivity contribution in [3.05, 3.63) is 53.3 Å². The molecule has 2 rings (SSSR count). The fourth-order valence-electron chi connectivity index (χ4n) is 2.25. The Morgan fingerprint density at radius 1 is 1.33 bits per heavy atom. The lowest BCUT2D eigenvalue weighted by Crippen LogP contribution is -2.47. The van der Waals surface area contributed by atoms with E-state index >= 15 is 0 Å². The van der Waals surface area contributed by atoms with Gasteiger partial charge in [0.1, 0.15) is 6.04 Å². The number of nitrogens with zero attached hydrogens (tertiary/aromatic N) is 2. The van der Waals surface area contributed by atoms with Crippen molar-refractivity contribution in [2.45, 2.75) is 25.4 Å². The second-order valence-electron chi connectivity index (χ2n) is 5.21. The number of carboxylic acid groups (broad SMARTS) is 1. The summed E-state index contributed by atoms with van der Waals surface area (Å²) in [6.07, 6.45) is 3.76. The molecule has 2 atom stereocenters. The molecule has 1 heterocycles. The molecule has 2 amide bonds. The summed E-state index contributed by atoms with van der Waals surface area (Å²) in [7, 11) is 0. The zero-order valence-electron chi connectivity index (χ0n) is 13.1. The van der Waals surface area contributed by atoms with E-state index in [1.165, 1.54) is 0 Å². The van der Waals surface area contributed by atoms with E-state index in [4.69, 9.17) is 16.7 Å². The number of carboxylic acids is 1. The van der Waals surface area contributed by atoms with Crippen LogP contribution in [0.4, 0.5) is 4.79 Å². The van der Waals surface area contributed by atoms with Crippen LogP contribution in [0.5, 0.6) is 0 Å². The average Bonchev–Trinajstić information content (AvgIpc) is 3.08. The van der Waals surface area contributed by atoms with Gasteiger partial charge in [0.05, 0.1) is 6.04 Å². The van der Waals surface area contributed by atoms with Gasteiger partial charge in [-0.1, -0.05) is 30.7 Å². The monoisotopic (exact) mass is 350 g/mol. The first-order chi connectivity index (χ1) is 11.5. The standard InChI is InChI=1S/C16H19ClN4O3/c1-2-13(15(22)23)20-16(24)18-10-14(21-9-3-8-19-21)11-4-6-12(17)7-5-11/h3-9,13-14H,2,10H2,1H3,(H,22,23)(H2,18,20,24). The van der Waals surface area contributed by atoms with Gasteiger partial charge >= 0.3 is 12.0 Å². The Hall–Kier alpha value is -2.54. The fourth-order valence-corrected chi connectivity index (χ4v) is 2.38. The van der Waals surface area contributed by atoms with E-state index in [1.54, 1.807) is 42.2 Å². The van der Waals surface area contributed by atoms with Crippen molar-refractivity contribution in [3.8, 4) is 0 Å². The van der Waals surface area contributed by atoms with E-state index in [0.717, 1.165) is 5.56 Å². The van der Waals surface area contributed by atoms with Crippen molar-refractivity contribution in [2.24, 2.45) is 0 Å². The Morgan fingerprint density at radius 2 is 2.04 bits per heavy atom. The van der Waals surface area contributed by atoms with E-state index in [2.05, 4.69) is 15.7 Å². The van der Waals surface area contributed by atoms with Crippen LogP contribution in [0.25, 0.3) is 0 Å². The van der Waals surface area contributed by atoms with Crippen LogP contribution >= 0.6 is 11.6 Å². The molecule has 24 heavy (non-hydrogen) atoms. The van der Waals surface area contributed by atoms with Gasteiger partial charge in [-0.15, -0.1) is 0 Å². The Bertz CT molecular complexity index is 673. The highest BCUT2D eigenvalue weighted by atomic mass is 35.5. The molecule has 2 aromatic rings. The van der Waals surface area contributed by atoms with E-state index in [9.17, 15) is 9.59 Å². The van der Waals surface area contributed by atoms with Crippen molar-refractivity contribution >= 4 is 23.6 Å². The number of hydrogen-bond donors (Lipinski definition) is 3. The van der Waals surface area contributed by atoms with Crippen LogP contribution < -0.4 is 10.6 Å². The number of amides is 2. The van der Waals surface area contributed by atoms with E-state index in [0.29, 0.717) is 11.4 Å². The smallest absolute Gasteiger partial charge is 0.326 e. The lowest BCUT2D eigenvalue weighted by Gasteiger charge is -2.20. The highest BCUT2D eigenvalue weighted by Crippen LogP contribution is 2.19. The van der Waals surface area contributed by atoms with Gasteiger partial charge in [-0.2, -0.15) is 5.10 Å². The fraction of sp³-hybridized carbons (Fsp3) is 0.312. The summed E-state index contributed by atoms with van der Waals surface area (Å²) >= 11 is 5.91. The first-order valence-electron chi connectivity index (χ1n) is 7.53. The largest absolute Gasteiger partial charge is 0.480 e. The molecule has 0 aliphatic heterocycles. The average molecular weight is 351 g/mol. The maximum Gasteiger partial charge on any atom is 0.326 e. The van der Waals surface area contributed by atoms with Crippen molar-refractivity contribution in [1.29, 1.82) is 0 Å². The molecule has 1 aromatic heterocycles. The number of halogens is 1. The molecule has 3 N–H and O–H groups in total. The molecule has 8 heteroatoms. The molecule has 0 saturated carbocycles. The van der Waals surface area contributed by atoms with E-state index in [-0.39, 0.29) is 12.6 Å². The Labute approximate surface area is 144 Å². The summed E-state index contributed by atoms with van der Waals surface area (Å²) in [6, 6.07) is 7.38. The van der Waals surface area contributed by atoms with Crippen LogP contribution in [0.2, 0.25) is 5.02 Å².